The number of hydrogen-bond acceptors (Lipinski definition) is 3. The molecule has 0 aromatic heterocycles. The quantitative estimate of drug-likeness (QED) is 0.524. The van der Waals surface area contributed by atoms with Crippen LogP contribution in [0.4, 0.5) is 0 Å². The third kappa shape index (κ3) is 3.83. The van der Waals surface area contributed by atoms with Crippen LogP contribution < -0.4 is 0 Å². The van der Waals surface area contributed by atoms with Gasteiger partial charge in [-0.15, -0.1) is 0 Å². The molecule has 3 rings (SSSR count). The predicted molar refractivity (Wildman–Crippen MR) is 113 cm³/mol. The van der Waals surface area contributed by atoms with Crippen LogP contribution in [0.5, 0.6) is 0 Å². The van der Waals surface area contributed by atoms with E-state index in [4.69, 9.17) is 0 Å². The van der Waals surface area contributed by atoms with Crippen LogP contribution in [0, 0.1) is 29.1 Å². The van der Waals surface area contributed by atoms with Crippen molar-refractivity contribution in [2.45, 2.75) is 78.7 Å². The van der Waals surface area contributed by atoms with Gasteiger partial charge in [0.15, 0.2) is 0 Å². The lowest BCUT2D eigenvalue weighted by atomic mass is 9.62. The maximum atomic E-state index is 12.6. The summed E-state index contributed by atoms with van der Waals surface area (Å²) in [5.41, 5.74) is 2.49. The van der Waals surface area contributed by atoms with Crippen LogP contribution in [-0.2, 0) is 9.59 Å². The molecular formula is C25H36O3. The highest BCUT2D eigenvalue weighted by Crippen LogP contribution is 2.57. The maximum Gasteiger partial charge on any atom is 0.146 e. The Morgan fingerprint density at radius 3 is 2.68 bits per heavy atom. The molecule has 1 N–H and O–H groups in total. The average molecular weight is 385 g/mol. The van der Waals surface area contributed by atoms with Crippen LogP contribution in [0.2, 0.25) is 0 Å². The van der Waals surface area contributed by atoms with Gasteiger partial charge in [0.25, 0.3) is 0 Å². The first-order valence-corrected chi connectivity index (χ1v) is 10.8. The Morgan fingerprint density at radius 2 is 2.04 bits per heavy atom. The summed E-state index contributed by atoms with van der Waals surface area (Å²) < 4.78 is 0. The molecule has 0 heterocycles. The second-order valence-electron chi connectivity index (χ2n) is 10.2. The third-order valence-corrected chi connectivity index (χ3v) is 7.62. The monoisotopic (exact) mass is 384 g/mol. The Bertz CT molecular complexity index is 735. The number of allylic oxidation sites excluding steroid dienone is 6. The lowest BCUT2D eigenvalue weighted by molar-refractivity contribution is -0.121. The fourth-order valence-corrected chi connectivity index (χ4v) is 5.96. The molecule has 3 aliphatic rings. The minimum absolute atomic E-state index is 0.0247. The van der Waals surface area contributed by atoms with Crippen LogP contribution >= 0.6 is 0 Å². The molecule has 6 atom stereocenters. The van der Waals surface area contributed by atoms with Crippen molar-refractivity contribution in [3.8, 4) is 0 Å². The van der Waals surface area contributed by atoms with E-state index in [2.05, 4.69) is 39.8 Å². The number of Topliss-reactive ketones (excluding diaryl/α,β-unsaturated/α-hetero) is 1. The molecule has 1 fully saturated rings. The number of carbonyl (C=O) groups is 2. The second kappa shape index (κ2) is 7.74. The van der Waals surface area contributed by atoms with Crippen molar-refractivity contribution in [2.75, 3.05) is 0 Å². The smallest absolute Gasteiger partial charge is 0.146 e. The predicted octanol–water partition coefficient (Wildman–Crippen LogP) is 5.20. The van der Waals surface area contributed by atoms with Crippen LogP contribution in [-0.4, -0.2) is 22.8 Å². The van der Waals surface area contributed by atoms with E-state index in [1.807, 2.05) is 6.08 Å². The Labute approximate surface area is 170 Å². The van der Waals surface area contributed by atoms with Crippen molar-refractivity contribution in [3.63, 3.8) is 0 Å². The van der Waals surface area contributed by atoms with Gasteiger partial charge in [-0.05, 0) is 75.7 Å². The number of ketones is 1. The first-order valence-electron chi connectivity index (χ1n) is 10.8. The van der Waals surface area contributed by atoms with Gasteiger partial charge >= 0.3 is 0 Å². The van der Waals surface area contributed by atoms with Gasteiger partial charge in [0.1, 0.15) is 12.1 Å². The highest BCUT2D eigenvalue weighted by molar-refractivity contribution is 5.94. The first-order chi connectivity index (χ1) is 13.1. The van der Waals surface area contributed by atoms with Gasteiger partial charge < -0.3 is 5.11 Å². The lowest BCUT2D eigenvalue weighted by Gasteiger charge is -2.42. The van der Waals surface area contributed by atoms with Gasteiger partial charge in [0.2, 0.25) is 0 Å². The molecule has 3 heteroatoms. The van der Waals surface area contributed by atoms with E-state index in [0.717, 1.165) is 38.4 Å². The van der Waals surface area contributed by atoms with Crippen molar-refractivity contribution in [1.29, 1.82) is 0 Å². The number of rotatable bonds is 5. The lowest BCUT2D eigenvalue weighted by Crippen LogP contribution is -2.40. The Hall–Kier alpha value is -1.48. The average Bonchev–Trinajstić information content (AvgIpc) is 3.01. The molecule has 3 nitrogen and oxygen atoms in total. The van der Waals surface area contributed by atoms with Crippen LogP contribution in [0.1, 0.15) is 73.1 Å². The van der Waals surface area contributed by atoms with E-state index in [9.17, 15) is 14.7 Å². The highest BCUT2D eigenvalue weighted by atomic mass is 16.3. The molecule has 0 bridgehead atoms. The molecule has 0 amide bonds. The Balaban J connectivity index is 1.88. The number of aldehydes is 1. The normalized spacial score (nSPS) is 38.5. The SMILES string of the molecule is CC(C)=CCCC(C)C1=CCC2(C)CC3C(C(=O)CC3(C)O)C(C=O)=CCC12. The fraction of sp³-hybridized carbons (Fsp3) is 0.680. The van der Waals surface area contributed by atoms with Crippen molar-refractivity contribution in [3.05, 3.63) is 34.9 Å². The molecule has 1 saturated carbocycles. The summed E-state index contributed by atoms with van der Waals surface area (Å²) in [6.45, 7) is 10.7. The summed E-state index contributed by atoms with van der Waals surface area (Å²) in [7, 11) is 0. The largest absolute Gasteiger partial charge is 0.389 e. The van der Waals surface area contributed by atoms with Crippen LogP contribution in [0.3, 0.4) is 0 Å². The van der Waals surface area contributed by atoms with Gasteiger partial charge in [-0.25, -0.2) is 0 Å². The van der Waals surface area contributed by atoms with Crippen LogP contribution in [0.15, 0.2) is 34.9 Å². The third-order valence-electron chi connectivity index (χ3n) is 7.62. The zero-order chi connectivity index (χ0) is 20.7. The van der Waals surface area contributed by atoms with E-state index in [1.165, 1.54) is 11.1 Å². The van der Waals surface area contributed by atoms with Gasteiger partial charge in [-0.2, -0.15) is 0 Å². The summed E-state index contributed by atoms with van der Waals surface area (Å²) in [5, 5.41) is 11.0. The molecule has 0 radical (unpaired) electrons. The summed E-state index contributed by atoms with van der Waals surface area (Å²) in [5.74, 6) is 0.326. The Morgan fingerprint density at radius 1 is 1.32 bits per heavy atom. The standard InChI is InChI=1S/C25H36O3/c1-16(2)7-6-8-17(3)19-11-12-24(4)13-21-23(22(27)14-25(21,5)28)18(15-26)9-10-20(19)24/h7,9,11,15,17,20-21,23,28H,6,8,10,12-14H2,1-5H3. The summed E-state index contributed by atoms with van der Waals surface area (Å²) in [6.07, 6.45) is 12.6. The summed E-state index contributed by atoms with van der Waals surface area (Å²) in [6, 6.07) is 0. The minimum Gasteiger partial charge on any atom is -0.389 e. The van der Waals surface area contributed by atoms with Gasteiger partial charge in [-0.3, -0.25) is 9.59 Å². The van der Waals surface area contributed by atoms with E-state index in [0.29, 0.717) is 17.4 Å². The van der Waals surface area contributed by atoms with Crippen LogP contribution in [0.25, 0.3) is 0 Å². The van der Waals surface area contributed by atoms with E-state index in [-0.39, 0.29) is 23.5 Å². The molecule has 0 aromatic carbocycles. The molecule has 0 aliphatic heterocycles. The van der Waals surface area contributed by atoms with Crippen molar-refractivity contribution < 1.29 is 14.7 Å². The fourth-order valence-electron chi connectivity index (χ4n) is 5.96. The van der Waals surface area contributed by atoms with Gasteiger partial charge in [0, 0.05) is 12.3 Å². The maximum absolute atomic E-state index is 12.6. The number of aliphatic hydroxyl groups is 1. The first kappa shape index (κ1) is 21.2. The van der Waals surface area contributed by atoms with Crippen molar-refractivity contribution in [1.82, 2.24) is 0 Å². The minimum atomic E-state index is -1.02. The van der Waals surface area contributed by atoms with Crippen molar-refractivity contribution in [2.24, 2.45) is 29.1 Å². The molecule has 3 aliphatic carbocycles. The number of fused-ring (bicyclic) bond motifs is 2. The highest BCUT2D eigenvalue weighted by Gasteiger charge is 2.55. The molecule has 154 valence electrons. The second-order valence-corrected chi connectivity index (χ2v) is 10.2. The molecule has 0 spiro atoms. The van der Waals surface area contributed by atoms with E-state index < -0.39 is 11.5 Å². The van der Waals surface area contributed by atoms with E-state index >= 15 is 0 Å². The summed E-state index contributed by atoms with van der Waals surface area (Å²) >= 11 is 0. The van der Waals surface area contributed by atoms with E-state index in [1.54, 1.807) is 6.92 Å². The van der Waals surface area contributed by atoms with Crippen molar-refractivity contribution >= 4 is 12.1 Å². The molecule has 0 aromatic rings. The topological polar surface area (TPSA) is 54.4 Å². The summed E-state index contributed by atoms with van der Waals surface area (Å²) in [4.78, 5) is 24.4. The molecule has 0 saturated heterocycles. The molecular weight excluding hydrogens is 348 g/mol. The Kier molecular flexibility index (Phi) is 5.87. The molecule has 28 heavy (non-hydrogen) atoms. The zero-order valence-electron chi connectivity index (χ0n) is 18.1. The van der Waals surface area contributed by atoms with Gasteiger partial charge in [0.05, 0.1) is 11.5 Å². The number of carbonyl (C=O) groups excluding carboxylic acids is 2. The number of hydrogen-bond donors (Lipinski definition) is 1. The van der Waals surface area contributed by atoms with Gasteiger partial charge in [-0.1, -0.05) is 43.2 Å². The molecule has 6 unspecified atom stereocenters. The zero-order valence-corrected chi connectivity index (χ0v) is 18.1.